The van der Waals surface area contributed by atoms with E-state index in [4.69, 9.17) is 9.47 Å². The third-order valence-corrected chi connectivity index (χ3v) is 7.17. The van der Waals surface area contributed by atoms with Gasteiger partial charge >= 0.3 is 0 Å². The first-order valence-corrected chi connectivity index (χ1v) is 12.5. The van der Waals surface area contributed by atoms with Gasteiger partial charge in [-0.15, -0.1) is 0 Å². The van der Waals surface area contributed by atoms with Crippen molar-refractivity contribution >= 4 is 11.8 Å². The van der Waals surface area contributed by atoms with Crippen molar-refractivity contribution in [2.45, 2.75) is 31.4 Å². The van der Waals surface area contributed by atoms with Crippen molar-refractivity contribution in [2.24, 2.45) is 5.92 Å². The van der Waals surface area contributed by atoms with Crippen molar-refractivity contribution in [3.63, 3.8) is 0 Å². The Morgan fingerprint density at radius 1 is 0.972 bits per heavy atom. The number of likely N-dealkylation sites (tertiary alicyclic amines) is 1. The lowest BCUT2D eigenvalue weighted by molar-refractivity contribution is -0.142. The zero-order valence-electron chi connectivity index (χ0n) is 20.5. The van der Waals surface area contributed by atoms with Crippen LogP contribution in [0.2, 0.25) is 0 Å². The lowest BCUT2D eigenvalue weighted by Crippen LogP contribution is -2.52. The molecule has 186 valence electrons. The fraction of sp³-hybridized carbons (Fsp3) is 0.345. The molecule has 1 aromatic heterocycles. The lowest BCUT2D eigenvalue weighted by atomic mass is 9.84. The SMILES string of the molecule is CN(C(=O)c1ccccn1)[C@H](Cc1ccccc1)C1CCN(C(=O)[C@@H]2COc3ccccc3O2)CC1. The third-order valence-electron chi connectivity index (χ3n) is 7.17. The minimum atomic E-state index is -0.634. The standard InChI is InChI=1S/C29H31N3O4/c1-31(28(33)23-11-7-8-16-30-23)24(19-21-9-3-2-4-10-21)22-14-17-32(18-15-22)29(34)27-20-35-25-12-5-6-13-26(25)36-27/h2-13,16,22,24,27H,14-15,17-20H2,1H3/t24-,27+/m1/s1. The van der Waals surface area contributed by atoms with Crippen LogP contribution in [0.15, 0.2) is 79.0 Å². The van der Waals surface area contributed by atoms with Gasteiger partial charge in [0, 0.05) is 32.4 Å². The number of hydrogen-bond acceptors (Lipinski definition) is 5. The van der Waals surface area contributed by atoms with Crippen molar-refractivity contribution in [3.8, 4) is 11.5 Å². The number of carbonyl (C=O) groups is 2. The summed E-state index contributed by atoms with van der Waals surface area (Å²) in [6, 6.07) is 23.1. The molecule has 0 radical (unpaired) electrons. The van der Waals surface area contributed by atoms with Gasteiger partial charge in [-0.05, 0) is 55.0 Å². The topological polar surface area (TPSA) is 72.0 Å². The molecule has 0 bridgehead atoms. The molecule has 0 aliphatic carbocycles. The Kier molecular flexibility index (Phi) is 7.16. The molecule has 0 N–H and O–H groups in total. The number of benzene rings is 2. The van der Waals surface area contributed by atoms with E-state index in [0.717, 1.165) is 19.3 Å². The predicted octanol–water partition coefficient (Wildman–Crippen LogP) is 3.84. The van der Waals surface area contributed by atoms with Gasteiger partial charge in [0.25, 0.3) is 11.8 Å². The monoisotopic (exact) mass is 485 g/mol. The zero-order valence-corrected chi connectivity index (χ0v) is 20.5. The van der Waals surface area contributed by atoms with Crippen LogP contribution in [0.1, 0.15) is 28.9 Å². The Hall–Kier alpha value is -3.87. The second-order valence-electron chi connectivity index (χ2n) is 9.42. The predicted molar refractivity (Wildman–Crippen MR) is 136 cm³/mol. The number of nitrogens with zero attached hydrogens (tertiary/aromatic N) is 3. The minimum absolute atomic E-state index is 0.000277. The summed E-state index contributed by atoms with van der Waals surface area (Å²) in [5, 5.41) is 0. The maximum absolute atomic E-state index is 13.3. The minimum Gasteiger partial charge on any atom is -0.485 e. The van der Waals surface area contributed by atoms with Crippen molar-refractivity contribution in [2.75, 3.05) is 26.7 Å². The van der Waals surface area contributed by atoms with Gasteiger partial charge in [0.05, 0.1) is 0 Å². The van der Waals surface area contributed by atoms with Gasteiger partial charge in [-0.1, -0.05) is 48.5 Å². The second-order valence-corrected chi connectivity index (χ2v) is 9.42. The number of fused-ring (bicyclic) bond motifs is 1. The van der Waals surface area contributed by atoms with E-state index in [1.54, 1.807) is 12.3 Å². The number of para-hydroxylation sites is 2. The van der Waals surface area contributed by atoms with Crippen molar-refractivity contribution < 1.29 is 19.1 Å². The zero-order chi connectivity index (χ0) is 24.9. The lowest BCUT2D eigenvalue weighted by Gasteiger charge is -2.41. The molecule has 2 aromatic carbocycles. The molecule has 3 heterocycles. The Labute approximate surface area is 211 Å². The normalized spacial score (nSPS) is 18.4. The first kappa shape index (κ1) is 23.9. The quantitative estimate of drug-likeness (QED) is 0.531. The van der Waals surface area contributed by atoms with Crippen LogP contribution in [0.25, 0.3) is 0 Å². The van der Waals surface area contributed by atoms with E-state index in [1.165, 1.54) is 5.56 Å². The van der Waals surface area contributed by atoms with Gasteiger partial charge in [-0.3, -0.25) is 14.6 Å². The number of hydrogen-bond donors (Lipinski definition) is 0. The molecular formula is C29H31N3O4. The molecule has 2 amide bonds. The smallest absolute Gasteiger partial charge is 0.272 e. The molecule has 1 saturated heterocycles. The van der Waals surface area contributed by atoms with Crippen LogP contribution in [-0.2, 0) is 11.2 Å². The molecule has 36 heavy (non-hydrogen) atoms. The summed E-state index contributed by atoms with van der Waals surface area (Å²) in [4.78, 5) is 34.5. The molecule has 1 fully saturated rings. The highest BCUT2D eigenvalue weighted by atomic mass is 16.6. The van der Waals surface area contributed by atoms with Crippen LogP contribution in [0.5, 0.6) is 11.5 Å². The number of piperidine rings is 1. The Morgan fingerprint density at radius 2 is 1.67 bits per heavy atom. The largest absolute Gasteiger partial charge is 0.485 e. The number of carbonyl (C=O) groups excluding carboxylic acids is 2. The highest BCUT2D eigenvalue weighted by Gasteiger charge is 2.36. The van der Waals surface area contributed by atoms with Crippen LogP contribution < -0.4 is 9.47 Å². The summed E-state index contributed by atoms with van der Waals surface area (Å²) >= 11 is 0. The summed E-state index contributed by atoms with van der Waals surface area (Å²) in [5.41, 5.74) is 1.63. The van der Waals surface area contributed by atoms with Crippen molar-refractivity contribution in [3.05, 3.63) is 90.3 Å². The van der Waals surface area contributed by atoms with Crippen LogP contribution >= 0.6 is 0 Å². The molecule has 0 spiro atoms. The summed E-state index contributed by atoms with van der Waals surface area (Å²) in [6.45, 7) is 1.47. The maximum atomic E-state index is 13.3. The average Bonchev–Trinajstić information content (AvgIpc) is 2.95. The van der Waals surface area contributed by atoms with Gasteiger partial charge in [0.2, 0.25) is 6.10 Å². The van der Waals surface area contributed by atoms with E-state index < -0.39 is 6.10 Å². The molecule has 7 heteroatoms. The van der Waals surface area contributed by atoms with E-state index >= 15 is 0 Å². The number of amides is 2. The van der Waals surface area contributed by atoms with E-state index in [0.29, 0.717) is 30.3 Å². The fourth-order valence-electron chi connectivity index (χ4n) is 5.15. The van der Waals surface area contributed by atoms with Crippen molar-refractivity contribution in [1.29, 1.82) is 0 Å². The number of rotatable bonds is 6. The number of ether oxygens (including phenoxy) is 2. The molecule has 0 saturated carbocycles. The van der Waals surface area contributed by atoms with E-state index in [1.807, 2.05) is 71.4 Å². The summed E-state index contributed by atoms with van der Waals surface area (Å²) in [5.74, 6) is 1.41. The van der Waals surface area contributed by atoms with Crippen LogP contribution in [0.3, 0.4) is 0 Å². The van der Waals surface area contributed by atoms with Crippen molar-refractivity contribution in [1.82, 2.24) is 14.8 Å². The first-order valence-electron chi connectivity index (χ1n) is 12.5. The molecule has 2 aliphatic rings. The fourth-order valence-corrected chi connectivity index (χ4v) is 5.15. The van der Waals surface area contributed by atoms with Crippen LogP contribution in [0.4, 0.5) is 0 Å². The van der Waals surface area contributed by atoms with Gasteiger partial charge < -0.3 is 19.3 Å². The van der Waals surface area contributed by atoms with Crippen LogP contribution in [-0.4, -0.2) is 65.5 Å². The Bertz CT molecular complexity index is 1180. The molecule has 7 nitrogen and oxygen atoms in total. The van der Waals surface area contributed by atoms with Gasteiger partial charge in [0.1, 0.15) is 12.3 Å². The highest BCUT2D eigenvalue weighted by molar-refractivity contribution is 5.92. The first-order chi connectivity index (χ1) is 17.6. The molecule has 5 rings (SSSR count). The summed E-state index contributed by atoms with van der Waals surface area (Å²) in [7, 11) is 1.87. The van der Waals surface area contributed by atoms with Crippen LogP contribution in [0, 0.1) is 5.92 Å². The number of pyridine rings is 1. The Morgan fingerprint density at radius 3 is 2.39 bits per heavy atom. The number of likely N-dealkylation sites (N-methyl/N-ethyl adjacent to an activating group) is 1. The van der Waals surface area contributed by atoms with E-state index in [9.17, 15) is 9.59 Å². The molecule has 2 atom stereocenters. The van der Waals surface area contributed by atoms with Gasteiger partial charge in [0.15, 0.2) is 11.5 Å². The summed E-state index contributed by atoms with van der Waals surface area (Å²) < 4.78 is 11.7. The molecule has 0 unspecified atom stereocenters. The average molecular weight is 486 g/mol. The molecule has 3 aromatic rings. The third kappa shape index (κ3) is 5.20. The second kappa shape index (κ2) is 10.8. The maximum Gasteiger partial charge on any atom is 0.272 e. The van der Waals surface area contributed by atoms with E-state index in [2.05, 4.69) is 17.1 Å². The van der Waals surface area contributed by atoms with Gasteiger partial charge in [-0.25, -0.2) is 0 Å². The van der Waals surface area contributed by atoms with Gasteiger partial charge in [-0.2, -0.15) is 0 Å². The summed E-state index contributed by atoms with van der Waals surface area (Å²) in [6.07, 6.45) is 3.39. The number of aromatic nitrogens is 1. The van der Waals surface area contributed by atoms with E-state index in [-0.39, 0.29) is 30.4 Å². The Balaban J connectivity index is 1.26. The molecule has 2 aliphatic heterocycles. The highest BCUT2D eigenvalue weighted by Crippen LogP contribution is 2.32. The molecular weight excluding hydrogens is 454 g/mol.